The summed E-state index contributed by atoms with van der Waals surface area (Å²) < 4.78 is 3.85. The zero-order valence-electron chi connectivity index (χ0n) is 15.6. The first-order valence-electron chi connectivity index (χ1n) is 8.48. The number of aryl methyl sites for hydroxylation is 2. The van der Waals surface area contributed by atoms with E-state index in [0.29, 0.717) is 6.54 Å². The zero-order chi connectivity index (χ0) is 18.5. The van der Waals surface area contributed by atoms with Crippen molar-refractivity contribution >= 4 is 22.8 Å². The van der Waals surface area contributed by atoms with Crippen LogP contribution >= 0.6 is 0 Å². The number of guanidine groups is 1. The topological polar surface area (TPSA) is 88.2 Å². The third-order valence-electron chi connectivity index (χ3n) is 4.25. The molecule has 3 aromatic rings. The van der Waals surface area contributed by atoms with Crippen LogP contribution in [0.15, 0.2) is 35.8 Å². The number of aliphatic imine (C=N–C) groups is 1. The molecule has 0 aliphatic heterocycles. The van der Waals surface area contributed by atoms with Crippen LogP contribution in [0.2, 0.25) is 0 Å². The molecule has 3 heterocycles. The first-order chi connectivity index (χ1) is 12.6. The zero-order valence-corrected chi connectivity index (χ0v) is 15.6. The second-order valence-electron chi connectivity index (χ2n) is 6.09. The summed E-state index contributed by atoms with van der Waals surface area (Å²) >= 11 is 0. The first-order valence-corrected chi connectivity index (χ1v) is 8.48. The fraction of sp³-hybridized carbons (Fsp3) is 0.412. The van der Waals surface area contributed by atoms with Gasteiger partial charge in [0.1, 0.15) is 12.1 Å². The Bertz CT molecular complexity index is 893. The number of hydrogen-bond acceptors (Lipinski definition) is 5. The molecule has 0 saturated carbocycles. The molecule has 0 aliphatic carbocycles. The molecule has 0 atom stereocenters. The maximum atomic E-state index is 4.35. The molecule has 0 amide bonds. The van der Waals surface area contributed by atoms with Crippen molar-refractivity contribution in [1.82, 2.24) is 34.5 Å². The first kappa shape index (κ1) is 17.7. The molecule has 0 aromatic carbocycles. The van der Waals surface area contributed by atoms with Gasteiger partial charge in [0.2, 0.25) is 0 Å². The van der Waals surface area contributed by atoms with E-state index in [1.807, 2.05) is 33.4 Å². The normalized spacial score (nSPS) is 11.8. The van der Waals surface area contributed by atoms with E-state index >= 15 is 0 Å². The molecule has 0 spiro atoms. The number of anilines is 1. The molecule has 0 radical (unpaired) electrons. The molecule has 0 fully saturated rings. The Labute approximate surface area is 152 Å². The highest BCUT2D eigenvalue weighted by molar-refractivity contribution is 5.86. The molecule has 0 aliphatic rings. The van der Waals surface area contributed by atoms with Gasteiger partial charge in [0.05, 0.1) is 18.1 Å². The molecule has 0 unspecified atom stereocenters. The van der Waals surface area contributed by atoms with Crippen molar-refractivity contribution in [2.45, 2.75) is 6.54 Å². The molecule has 9 heteroatoms. The van der Waals surface area contributed by atoms with E-state index in [1.54, 1.807) is 24.3 Å². The minimum Gasteiger partial charge on any atom is -0.368 e. The monoisotopic (exact) mass is 355 g/mol. The predicted molar refractivity (Wildman–Crippen MR) is 103 cm³/mol. The standard InChI is InChI=1S/C17H25N9/c1-18-17(25(3)11-13-6-5-9-24(13)2)20-8-7-19-15-14-10-23-26(4)16(14)22-12-21-15/h5-6,9-10,12H,7-8,11H2,1-4H3,(H,18,20)(H,19,21,22). The van der Waals surface area contributed by atoms with Crippen LogP contribution in [0, 0.1) is 0 Å². The van der Waals surface area contributed by atoms with Gasteiger partial charge in [-0.3, -0.25) is 9.67 Å². The van der Waals surface area contributed by atoms with Gasteiger partial charge in [-0.2, -0.15) is 5.10 Å². The summed E-state index contributed by atoms with van der Waals surface area (Å²) in [5.74, 6) is 1.64. The van der Waals surface area contributed by atoms with E-state index in [9.17, 15) is 0 Å². The van der Waals surface area contributed by atoms with E-state index in [0.717, 1.165) is 35.9 Å². The van der Waals surface area contributed by atoms with Crippen LogP contribution in [-0.2, 0) is 20.6 Å². The molecular weight excluding hydrogens is 330 g/mol. The molecule has 138 valence electrons. The van der Waals surface area contributed by atoms with E-state index in [1.165, 1.54) is 5.69 Å². The van der Waals surface area contributed by atoms with Crippen molar-refractivity contribution in [3.8, 4) is 0 Å². The minimum absolute atomic E-state index is 0.706. The molecule has 3 rings (SSSR count). The number of fused-ring (bicyclic) bond motifs is 1. The van der Waals surface area contributed by atoms with Gasteiger partial charge in [-0.1, -0.05) is 0 Å². The molecular formula is C17H25N9. The molecule has 2 N–H and O–H groups in total. The van der Waals surface area contributed by atoms with Crippen LogP contribution in [0.5, 0.6) is 0 Å². The lowest BCUT2D eigenvalue weighted by Crippen LogP contribution is -2.40. The van der Waals surface area contributed by atoms with Crippen molar-refractivity contribution in [2.75, 3.05) is 32.5 Å². The molecule has 0 saturated heterocycles. The van der Waals surface area contributed by atoms with Gasteiger partial charge in [-0.25, -0.2) is 9.97 Å². The van der Waals surface area contributed by atoms with E-state index < -0.39 is 0 Å². The Kier molecular flexibility index (Phi) is 5.35. The lowest BCUT2D eigenvalue weighted by atomic mass is 10.4. The Hall–Kier alpha value is -3.10. The Morgan fingerprint density at radius 1 is 1.27 bits per heavy atom. The van der Waals surface area contributed by atoms with Crippen LogP contribution in [-0.4, -0.2) is 62.4 Å². The molecule has 26 heavy (non-hydrogen) atoms. The van der Waals surface area contributed by atoms with Crippen molar-refractivity contribution in [3.05, 3.63) is 36.5 Å². The van der Waals surface area contributed by atoms with Crippen LogP contribution in [0.4, 0.5) is 5.82 Å². The predicted octanol–water partition coefficient (Wildman–Crippen LogP) is 0.821. The fourth-order valence-electron chi connectivity index (χ4n) is 2.82. The fourth-order valence-corrected chi connectivity index (χ4v) is 2.82. The van der Waals surface area contributed by atoms with Gasteiger partial charge in [0, 0.05) is 53.2 Å². The lowest BCUT2D eigenvalue weighted by molar-refractivity contribution is 0.463. The summed E-state index contributed by atoms with van der Waals surface area (Å²) in [4.78, 5) is 15.0. The van der Waals surface area contributed by atoms with Crippen molar-refractivity contribution in [3.63, 3.8) is 0 Å². The SMILES string of the molecule is CN=C(NCCNc1ncnc2c1cnn2C)N(C)Cc1cccn1C. The van der Waals surface area contributed by atoms with Crippen molar-refractivity contribution in [1.29, 1.82) is 0 Å². The molecule has 0 bridgehead atoms. The van der Waals surface area contributed by atoms with Gasteiger partial charge >= 0.3 is 0 Å². The van der Waals surface area contributed by atoms with Gasteiger partial charge in [-0.15, -0.1) is 0 Å². The third kappa shape index (κ3) is 3.76. The highest BCUT2D eigenvalue weighted by atomic mass is 15.3. The second kappa shape index (κ2) is 7.85. The average molecular weight is 355 g/mol. The van der Waals surface area contributed by atoms with E-state index in [4.69, 9.17) is 0 Å². The van der Waals surface area contributed by atoms with Gasteiger partial charge in [0.25, 0.3) is 0 Å². The van der Waals surface area contributed by atoms with Gasteiger partial charge in [0.15, 0.2) is 11.6 Å². The third-order valence-corrected chi connectivity index (χ3v) is 4.25. The summed E-state index contributed by atoms with van der Waals surface area (Å²) in [6.07, 6.45) is 5.37. The van der Waals surface area contributed by atoms with Crippen LogP contribution in [0.3, 0.4) is 0 Å². The largest absolute Gasteiger partial charge is 0.368 e. The average Bonchev–Trinajstić information content (AvgIpc) is 3.21. The molecule has 9 nitrogen and oxygen atoms in total. The number of aromatic nitrogens is 5. The summed E-state index contributed by atoms with van der Waals surface area (Å²) in [6.45, 7) is 2.22. The van der Waals surface area contributed by atoms with E-state index in [-0.39, 0.29) is 0 Å². The summed E-state index contributed by atoms with van der Waals surface area (Å²) in [7, 11) is 7.73. The number of nitrogens with one attached hydrogen (secondary N) is 2. The minimum atomic E-state index is 0.706. The van der Waals surface area contributed by atoms with Crippen LogP contribution < -0.4 is 10.6 Å². The van der Waals surface area contributed by atoms with Gasteiger partial charge in [-0.05, 0) is 12.1 Å². The Morgan fingerprint density at radius 3 is 2.85 bits per heavy atom. The highest BCUT2D eigenvalue weighted by Gasteiger charge is 2.09. The number of rotatable bonds is 6. The smallest absolute Gasteiger partial charge is 0.193 e. The number of nitrogens with zero attached hydrogens (tertiary/aromatic N) is 7. The maximum Gasteiger partial charge on any atom is 0.193 e. The summed E-state index contributed by atoms with van der Waals surface area (Å²) in [5, 5.41) is 11.8. The van der Waals surface area contributed by atoms with E-state index in [2.05, 4.69) is 46.2 Å². The maximum absolute atomic E-state index is 4.35. The molecule has 3 aromatic heterocycles. The quantitative estimate of drug-likeness (QED) is 0.387. The lowest BCUT2D eigenvalue weighted by Gasteiger charge is -2.22. The Balaban J connectivity index is 1.52. The summed E-state index contributed by atoms with van der Waals surface area (Å²) in [6, 6.07) is 4.16. The van der Waals surface area contributed by atoms with Gasteiger partial charge < -0.3 is 20.1 Å². The number of hydrogen-bond donors (Lipinski definition) is 2. The van der Waals surface area contributed by atoms with Crippen molar-refractivity contribution in [2.24, 2.45) is 19.1 Å². The Morgan fingerprint density at radius 2 is 2.12 bits per heavy atom. The van der Waals surface area contributed by atoms with Crippen LogP contribution in [0.25, 0.3) is 11.0 Å². The van der Waals surface area contributed by atoms with Crippen molar-refractivity contribution < 1.29 is 0 Å². The summed E-state index contributed by atoms with van der Waals surface area (Å²) in [5.41, 5.74) is 2.04. The highest BCUT2D eigenvalue weighted by Crippen LogP contribution is 2.17. The van der Waals surface area contributed by atoms with Crippen LogP contribution in [0.1, 0.15) is 5.69 Å². The second-order valence-corrected chi connectivity index (χ2v) is 6.09.